The Morgan fingerprint density at radius 1 is 0.974 bits per heavy atom. The summed E-state index contributed by atoms with van der Waals surface area (Å²) >= 11 is 0. The molecule has 0 aliphatic heterocycles. The zero-order valence-corrected chi connectivity index (χ0v) is 25.3. The molecule has 3 N–H and O–H groups in total. The molecule has 0 aromatic heterocycles. The van der Waals surface area contributed by atoms with Crippen molar-refractivity contribution >= 4 is 23.0 Å². The SMILES string of the molecule is C=CCC.CC/C=C\C(=C(/C)c1ccc(F)c(C)c1)c1ccc(NNC2CCCCC2)c(C=N)c1.CCCC. The second-order valence-corrected chi connectivity index (χ2v) is 10.1. The third-order valence-electron chi connectivity index (χ3n) is 6.84. The van der Waals surface area contributed by atoms with Crippen molar-refractivity contribution in [1.29, 1.82) is 5.41 Å². The third-order valence-corrected chi connectivity index (χ3v) is 6.84. The number of aryl methyl sites for hydroxylation is 1. The Morgan fingerprint density at radius 2 is 1.62 bits per heavy atom. The van der Waals surface area contributed by atoms with E-state index < -0.39 is 0 Å². The summed E-state index contributed by atoms with van der Waals surface area (Å²) in [4.78, 5) is 0. The van der Waals surface area contributed by atoms with Crippen molar-refractivity contribution in [3.8, 4) is 0 Å². The molecule has 2 aromatic carbocycles. The molecule has 3 nitrogen and oxygen atoms in total. The Bertz CT molecular complexity index is 1060. The van der Waals surface area contributed by atoms with Crippen LogP contribution in [0.4, 0.5) is 10.1 Å². The number of hydrazine groups is 1. The lowest BCUT2D eigenvalue weighted by atomic mass is 9.93. The van der Waals surface area contributed by atoms with E-state index in [2.05, 4.69) is 70.3 Å². The maximum atomic E-state index is 13.8. The van der Waals surface area contributed by atoms with Gasteiger partial charge in [0, 0.05) is 17.8 Å². The molecular weight excluding hydrogens is 481 g/mol. The van der Waals surface area contributed by atoms with Gasteiger partial charge in [0.15, 0.2) is 0 Å². The summed E-state index contributed by atoms with van der Waals surface area (Å²) in [5, 5.41) is 7.94. The quantitative estimate of drug-likeness (QED) is 0.0935. The highest BCUT2D eigenvalue weighted by Gasteiger charge is 2.14. The van der Waals surface area contributed by atoms with Crippen LogP contribution in [0.2, 0.25) is 0 Å². The maximum Gasteiger partial charge on any atom is 0.126 e. The molecule has 0 saturated heterocycles. The highest BCUT2D eigenvalue weighted by Crippen LogP contribution is 2.30. The minimum Gasteiger partial charge on any atom is -0.321 e. The summed E-state index contributed by atoms with van der Waals surface area (Å²) in [5.41, 5.74) is 13.4. The van der Waals surface area contributed by atoms with E-state index in [-0.39, 0.29) is 5.82 Å². The monoisotopic (exact) mass is 533 g/mol. The summed E-state index contributed by atoms with van der Waals surface area (Å²) in [7, 11) is 0. The van der Waals surface area contributed by atoms with Crippen LogP contribution >= 0.6 is 0 Å². The van der Waals surface area contributed by atoms with Crippen molar-refractivity contribution in [1.82, 2.24) is 5.43 Å². The molecule has 0 bridgehead atoms. The molecule has 0 atom stereocenters. The van der Waals surface area contributed by atoms with E-state index in [1.54, 1.807) is 6.92 Å². The summed E-state index contributed by atoms with van der Waals surface area (Å²) in [6.07, 6.45) is 18.4. The standard InChI is InChI=1S/C27H34FN3.C4H10.C4H8/c1-4-5-11-25(20(3)21-12-14-26(28)19(2)16-21)22-13-15-27(23(17-22)18-29)31-30-24-9-7-6-8-10-24;2*1-3-4-2/h5,11-18,24,29-31H,4,6-10H2,1-3H3;3-4H2,1-2H3;3H,1,4H2,2H3/b11-5-,25-20-,29-18?;;. The molecule has 0 spiro atoms. The zero-order chi connectivity index (χ0) is 29.0. The number of halogens is 1. The van der Waals surface area contributed by atoms with Gasteiger partial charge in [-0.2, -0.15) is 0 Å². The van der Waals surface area contributed by atoms with Gasteiger partial charge in [-0.1, -0.05) is 90.2 Å². The Hall–Kier alpha value is -2.98. The Balaban J connectivity index is 0.000000838. The lowest BCUT2D eigenvalue weighted by Crippen LogP contribution is -2.35. The van der Waals surface area contributed by atoms with Gasteiger partial charge < -0.3 is 10.8 Å². The van der Waals surface area contributed by atoms with Crippen LogP contribution in [0.1, 0.15) is 115 Å². The second kappa shape index (κ2) is 20.0. The largest absolute Gasteiger partial charge is 0.321 e. The minimum absolute atomic E-state index is 0.186. The fourth-order valence-corrected chi connectivity index (χ4v) is 4.10. The number of benzene rings is 2. The molecule has 214 valence electrons. The van der Waals surface area contributed by atoms with Crippen molar-refractivity contribution in [2.24, 2.45) is 0 Å². The maximum absolute atomic E-state index is 13.8. The molecule has 0 amide bonds. The molecule has 1 aliphatic carbocycles. The fourth-order valence-electron chi connectivity index (χ4n) is 4.10. The Kier molecular flexibility index (Phi) is 17.5. The highest BCUT2D eigenvalue weighted by atomic mass is 19.1. The third kappa shape index (κ3) is 12.2. The van der Waals surface area contributed by atoms with E-state index in [1.807, 2.05) is 30.3 Å². The molecular formula is C35H52FN3. The van der Waals surface area contributed by atoms with Crippen molar-refractivity contribution in [2.45, 2.75) is 105 Å². The van der Waals surface area contributed by atoms with E-state index in [4.69, 9.17) is 5.41 Å². The van der Waals surface area contributed by atoms with Crippen LogP contribution in [-0.4, -0.2) is 12.3 Å². The topological polar surface area (TPSA) is 47.9 Å². The summed E-state index contributed by atoms with van der Waals surface area (Å²) in [6, 6.07) is 11.9. The minimum atomic E-state index is -0.186. The summed E-state index contributed by atoms with van der Waals surface area (Å²) in [5.74, 6) is -0.186. The Morgan fingerprint density at radius 3 is 2.15 bits per heavy atom. The molecule has 1 saturated carbocycles. The normalized spacial score (nSPS) is 13.9. The average Bonchev–Trinajstić information content (AvgIpc) is 2.98. The molecule has 39 heavy (non-hydrogen) atoms. The van der Waals surface area contributed by atoms with Gasteiger partial charge in [-0.25, -0.2) is 9.82 Å². The molecule has 4 heteroatoms. The number of hydrogen-bond donors (Lipinski definition) is 3. The first-order chi connectivity index (χ1) is 18.9. The van der Waals surface area contributed by atoms with Crippen LogP contribution in [0.3, 0.4) is 0 Å². The van der Waals surface area contributed by atoms with Gasteiger partial charge in [-0.15, -0.1) is 6.58 Å². The van der Waals surface area contributed by atoms with Gasteiger partial charge in [0.25, 0.3) is 0 Å². The van der Waals surface area contributed by atoms with E-state index in [0.29, 0.717) is 11.6 Å². The first-order valence-electron chi connectivity index (χ1n) is 14.8. The number of nitrogens with one attached hydrogen (secondary N) is 3. The first kappa shape index (κ1) is 34.0. The highest BCUT2D eigenvalue weighted by molar-refractivity contribution is 5.97. The molecule has 0 heterocycles. The van der Waals surface area contributed by atoms with Crippen LogP contribution in [0.5, 0.6) is 0 Å². The van der Waals surface area contributed by atoms with E-state index in [0.717, 1.165) is 46.4 Å². The smallest absolute Gasteiger partial charge is 0.126 e. The van der Waals surface area contributed by atoms with Crippen LogP contribution in [0.25, 0.3) is 11.1 Å². The molecule has 0 radical (unpaired) electrons. The van der Waals surface area contributed by atoms with Crippen LogP contribution in [-0.2, 0) is 0 Å². The molecule has 1 fully saturated rings. The fraction of sp³-hybridized carbons (Fsp3) is 0.457. The second-order valence-electron chi connectivity index (χ2n) is 10.1. The van der Waals surface area contributed by atoms with Gasteiger partial charge >= 0.3 is 0 Å². The lowest BCUT2D eigenvalue weighted by Gasteiger charge is -2.24. The van der Waals surface area contributed by atoms with Crippen molar-refractivity contribution in [3.63, 3.8) is 0 Å². The van der Waals surface area contributed by atoms with Gasteiger partial charge in [0.2, 0.25) is 0 Å². The van der Waals surface area contributed by atoms with Crippen LogP contribution in [0, 0.1) is 18.2 Å². The lowest BCUT2D eigenvalue weighted by molar-refractivity contribution is 0.393. The van der Waals surface area contributed by atoms with Crippen LogP contribution < -0.4 is 10.9 Å². The van der Waals surface area contributed by atoms with Gasteiger partial charge in [0.1, 0.15) is 5.82 Å². The predicted octanol–water partition coefficient (Wildman–Crippen LogP) is 10.7. The number of allylic oxidation sites excluding steroid dienone is 5. The number of unbranched alkanes of at least 4 members (excludes halogenated alkanes) is 1. The first-order valence-corrected chi connectivity index (χ1v) is 14.8. The zero-order valence-electron chi connectivity index (χ0n) is 25.3. The summed E-state index contributed by atoms with van der Waals surface area (Å²) < 4.78 is 13.8. The Labute approximate surface area is 238 Å². The molecule has 1 aliphatic rings. The average molecular weight is 534 g/mol. The number of anilines is 1. The van der Waals surface area contributed by atoms with Gasteiger partial charge in [-0.3, -0.25) is 0 Å². The molecule has 0 unspecified atom stereocenters. The van der Waals surface area contributed by atoms with Gasteiger partial charge in [0.05, 0.1) is 5.69 Å². The summed E-state index contributed by atoms with van der Waals surface area (Å²) in [6.45, 7) is 15.9. The van der Waals surface area contributed by atoms with Crippen molar-refractivity contribution in [3.05, 3.63) is 89.3 Å². The number of hydrogen-bond acceptors (Lipinski definition) is 3. The van der Waals surface area contributed by atoms with E-state index >= 15 is 0 Å². The van der Waals surface area contributed by atoms with Crippen molar-refractivity contribution < 1.29 is 4.39 Å². The molecule has 2 aromatic rings. The van der Waals surface area contributed by atoms with E-state index in [9.17, 15) is 4.39 Å². The number of rotatable bonds is 10. The van der Waals surface area contributed by atoms with E-state index in [1.165, 1.54) is 57.2 Å². The van der Waals surface area contributed by atoms with Crippen LogP contribution in [0.15, 0.2) is 61.2 Å². The molecule has 3 rings (SSSR count). The van der Waals surface area contributed by atoms with Crippen molar-refractivity contribution in [2.75, 3.05) is 5.43 Å². The van der Waals surface area contributed by atoms with Gasteiger partial charge in [-0.05, 0) is 91.6 Å². The predicted molar refractivity (Wildman–Crippen MR) is 172 cm³/mol.